The molecule has 2 rings (SSSR count). The molecule has 0 unspecified atom stereocenters. The van der Waals surface area contributed by atoms with Crippen LogP contribution in [0.4, 0.5) is 0 Å². The second-order valence-corrected chi connectivity index (χ2v) is 2.56. The van der Waals surface area contributed by atoms with Crippen LogP contribution in [0.25, 0.3) is 11.5 Å². The Kier molecular flexibility index (Phi) is 1.26. The summed E-state index contributed by atoms with van der Waals surface area (Å²) in [5, 5.41) is 2.23. The number of nitrogens with zero attached hydrogens (tertiary/aromatic N) is 1. The highest BCUT2D eigenvalue weighted by molar-refractivity contribution is 5.38. The fourth-order valence-corrected chi connectivity index (χ4v) is 1.10. The molecule has 1 heteroatoms. The Morgan fingerprint density at radius 3 is 2.73 bits per heavy atom. The summed E-state index contributed by atoms with van der Waals surface area (Å²) in [7, 11) is 2.00. The van der Waals surface area contributed by atoms with Gasteiger partial charge in [0.1, 0.15) is 7.05 Å². The van der Waals surface area contributed by atoms with Gasteiger partial charge in [0.15, 0.2) is 12.4 Å². The average Bonchev–Trinajstić information content (AvgIpc) is 2.04. The minimum atomic E-state index is 1.11. The van der Waals surface area contributed by atoms with Crippen molar-refractivity contribution in [3.63, 3.8) is 0 Å². The van der Waals surface area contributed by atoms with E-state index in [0.717, 1.165) is 10.4 Å². The zero-order valence-electron chi connectivity index (χ0n) is 6.33. The van der Waals surface area contributed by atoms with Crippen molar-refractivity contribution in [1.82, 2.24) is 0 Å². The third-order valence-electron chi connectivity index (χ3n) is 1.66. The zero-order valence-corrected chi connectivity index (χ0v) is 6.33. The number of pyridine rings is 1. The molecule has 0 radical (unpaired) electrons. The fraction of sp³-hybridized carbons (Fsp3) is 0.100. The molecule has 11 heavy (non-hydrogen) atoms. The van der Waals surface area contributed by atoms with E-state index in [1.54, 1.807) is 0 Å². The fourth-order valence-electron chi connectivity index (χ4n) is 1.10. The molecule has 0 spiro atoms. The van der Waals surface area contributed by atoms with Crippen LogP contribution in [0.1, 0.15) is 0 Å². The van der Waals surface area contributed by atoms with Gasteiger partial charge in [0, 0.05) is 11.3 Å². The van der Waals surface area contributed by atoms with Gasteiger partial charge in [-0.25, -0.2) is 4.57 Å². The lowest BCUT2D eigenvalue weighted by molar-refractivity contribution is -0.672. The predicted octanol–water partition coefficient (Wildman–Crippen LogP) is -0.604. The zero-order chi connectivity index (χ0) is 7.68. The van der Waals surface area contributed by atoms with Crippen molar-refractivity contribution >= 4 is 11.5 Å². The molecule has 0 fully saturated rings. The van der Waals surface area contributed by atoms with Crippen molar-refractivity contribution < 1.29 is 4.57 Å². The molecule has 0 aromatic carbocycles. The molecule has 52 valence electrons. The quantitative estimate of drug-likeness (QED) is 0.426. The molecule has 1 aromatic rings. The molecule has 0 atom stereocenters. The van der Waals surface area contributed by atoms with E-state index in [1.807, 2.05) is 42.2 Å². The van der Waals surface area contributed by atoms with Gasteiger partial charge >= 0.3 is 0 Å². The second kappa shape index (κ2) is 2.25. The van der Waals surface area contributed by atoms with E-state index in [-0.39, 0.29) is 0 Å². The minimum absolute atomic E-state index is 1.11. The number of fused-ring (bicyclic) bond motifs is 1. The summed E-state index contributed by atoms with van der Waals surface area (Å²) >= 11 is 0. The lowest BCUT2D eigenvalue weighted by Gasteiger charge is -1.85. The third-order valence-corrected chi connectivity index (χ3v) is 1.66. The summed E-state index contributed by atoms with van der Waals surface area (Å²) in [5.74, 6) is 0. The number of hydrogen-bond acceptors (Lipinski definition) is 0. The Morgan fingerprint density at radius 1 is 1.18 bits per heavy atom. The summed E-state index contributed by atoms with van der Waals surface area (Å²) < 4.78 is 2.01. The van der Waals surface area contributed by atoms with Crippen LogP contribution in [0.3, 0.4) is 0 Å². The minimum Gasteiger partial charge on any atom is -0.207 e. The summed E-state index contributed by atoms with van der Waals surface area (Å²) in [6, 6.07) is 2.03. The SMILES string of the molecule is C[n+]1ccc2c(c1)=C=CC=C=2. The van der Waals surface area contributed by atoms with Gasteiger partial charge in [0.2, 0.25) is 0 Å². The van der Waals surface area contributed by atoms with Crippen LogP contribution < -0.4 is 15.0 Å². The third kappa shape index (κ3) is 1.03. The van der Waals surface area contributed by atoms with Gasteiger partial charge in [-0.3, -0.25) is 0 Å². The van der Waals surface area contributed by atoms with E-state index in [2.05, 4.69) is 11.5 Å². The molecule has 0 bridgehead atoms. The molecule has 0 amide bonds. The monoisotopic (exact) mass is 142 g/mol. The van der Waals surface area contributed by atoms with Crippen molar-refractivity contribution in [2.75, 3.05) is 0 Å². The van der Waals surface area contributed by atoms with E-state index < -0.39 is 0 Å². The van der Waals surface area contributed by atoms with Crippen molar-refractivity contribution in [2.24, 2.45) is 7.05 Å². The summed E-state index contributed by atoms with van der Waals surface area (Å²) in [4.78, 5) is 0. The largest absolute Gasteiger partial charge is 0.207 e. The van der Waals surface area contributed by atoms with Gasteiger partial charge in [-0.1, -0.05) is 0 Å². The number of aromatic nitrogens is 1. The molecule has 0 aliphatic heterocycles. The van der Waals surface area contributed by atoms with E-state index in [9.17, 15) is 0 Å². The number of rotatable bonds is 0. The maximum absolute atomic E-state index is 3.14. The highest BCUT2D eigenvalue weighted by atomic mass is 14.9. The molecule has 1 aliphatic carbocycles. The van der Waals surface area contributed by atoms with Crippen LogP contribution in [0.2, 0.25) is 0 Å². The van der Waals surface area contributed by atoms with Crippen LogP contribution >= 0.6 is 0 Å². The number of aryl methyl sites for hydroxylation is 1. The Balaban J connectivity index is 3.05. The van der Waals surface area contributed by atoms with Crippen LogP contribution in [-0.4, -0.2) is 0 Å². The van der Waals surface area contributed by atoms with Crippen LogP contribution in [0.15, 0.2) is 30.6 Å². The topological polar surface area (TPSA) is 3.88 Å². The van der Waals surface area contributed by atoms with Crippen molar-refractivity contribution in [1.29, 1.82) is 0 Å². The molecule has 0 N–H and O–H groups in total. The first-order valence-corrected chi connectivity index (χ1v) is 3.53. The Morgan fingerprint density at radius 2 is 1.91 bits per heavy atom. The van der Waals surface area contributed by atoms with E-state index in [1.165, 1.54) is 0 Å². The first-order valence-electron chi connectivity index (χ1n) is 3.53. The number of allylic oxidation sites excluding steroid dienone is 2. The van der Waals surface area contributed by atoms with Gasteiger partial charge in [0.25, 0.3) is 0 Å². The Labute approximate surface area is 64.9 Å². The molecule has 1 heterocycles. The van der Waals surface area contributed by atoms with E-state index in [4.69, 9.17) is 0 Å². The van der Waals surface area contributed by atoms with Gasteiger partial charge in [-0.15, -0.1) is 11.5 Å². The lowest BCUT2D eigenvalue weighted by atomic mass is 10.2. The van der Waals surface area contributed by atoms with Gasteiger partial charge in [0.05, 0.1) is 5.22 Å². The van der Waals surface area contributed by atoms with E-state index >= 15 is 0 Å². The van der Waals surface area contributed by atoms with Crippen molar-refractivity contribution in [2.45, 2.75) is 0 Å². The van der Waals surface area contributed by atoms with Crippen LogP contribution in [0.5, 0.6) is 0 Å². The maximum Gasteiger partial charge on any atom is 0.184 e. The summed E-state index contributed by atoms with van der Waals surface area (Å²) in [5.41, 5.74) is 6.27. The molecular formula is C10H8N+. The van der Waals surface area contributed by atoms with Gasteiger partial charge in [-0.05, 0) is 12.2 Å². The van der Waals surface area contributed by atoms with Crippen LogP contribution in [-0.2, 0) is 7.05 Å². The molecule has 1 nitrogen and oxygen atoms in total. The maximum atomic E-state index is 3.14. The summed E-state index contributed by atoms with van der Waals surface area (Å²) in [6.07, 6.45) is 7.79. The molecule has 0 saturated carbocycles. The molecule has 0 saturated heterocycles. The van der Waals surface area contributed by atoms with Crippen molar-refractivity contribution in [3.8, 4) is 0 Å². The lowest BCUT2D eigenvalue weighted by Crippen LogP contribution is -2.38. The average molecular weight is 142 g/mol. The first-order chi connectivity index (χ1) is 5.36. The smallest absolute Gasteiger partial charge is 0.184 e. The second-order valence-electron chi connectivity index (χ2n) is 2.56. The highest BCUT2D eigenvalue weighted by Crippen LogP contribution is 1.71. The van der Waals surface area contributed by atoms with E-state index in [0.29, 0.717) is 0 Å². The Bertz CT molecular complexity index is 470. The molecular weight excluding hydrogens is 134 g/mol. The predicted molar refractivity (Wildman–Crippen MR) is 42.8 cm³/mol. The molecule has 1 aliphatic rings. The molecule has 1 aromatic heterocycles. The normalized spacial score (nSPS) is 11.7. The Hall–Kier alpha value is -1.55. The van der Waals surface area contributed by atoms with Crippen LogP contribution in [0, 0.1) is 0 Å². The van der Waals surface area contributed by atoms with Gasteiger partial charge < -0.3 is 0 Å². The first kappa shape index (κ1) is 6.18. The number of hydrogen-bond donors (Lipinski definition) is 0. The summed E-state index contributed by atoms with van der Waals surface area (Å²) in [6.45, 7) is 0. The highest BCUT2D eigenvalue weighted by Gasteiger charge is 1.91. The van der Waals surface area contributed by atoms with Crippen molar-refractivity contribution in [3.05, 3.63) is 41.0 Å². The standard InChI is InChI=1S/C10H8N/c1-11-7-6-9-4-2-3-5-10(9)8-11/h2-3,6-8H,1H3/q+1. The van der Waals surface area contributed by atoms with Gasteiger partial charge in [-0.2, -0.15) is 0 Å².